The van der Waals surface area contributed by atoms with Gasteiger partial charge in [0.1, 0.15) is 11.2 Å². The number of allylic oxidation sites excluding steroid dienone is 4. The van der Waals surface area contributed by atoms with Gasteiger partial charge in [0.05, 0.1) is 0 Å². The third-order valence-electron chi connectivity index (χ3n) is 6.81. The normalized spacial score (nSPS) is 11.4. The Morgan fingerprint density at radius 1 is 0.622 bits per heavy atom. The van der Waals surface area contributed by atoms with Crippen LogP contribution < -0.4 is 0 Å². The predicted octanol–water partition coefficient (Wildman–Crippen LogP) is 10.4. The van der Waals surface area contributed by atoms with Gasteiger partial charge in [0.2, 0.25) is 0 Å². The summed E-state index contributed by atoms with van der Waals surface area (Å²) in [6.07, 6.45) is 5.70. The molecule has 0 aliphatic carbocycles. The van der Waals surface area contributed by atoms with E-state index in [9.17, 15) is 0 Å². The molecule has 0 spiro atoms. The molecule has 6 rings (SSSR count). The zero-order valence-electron chi connectivity index (χ0n) is 20.5. The Bertz CT molecular complexity index is 1910. The maximum Gasteiger partial charge on any atom is 0.143 e. The number of rotatable bonds is 4. The molecule has 1 heterocycles. The lowest BCUT2D eigenvalue weighted by Gasteiger charge is -2.12. The lowest BCUT2D eigenvalue weighted by Crippen LogP contribution is -1.87. The molecule has 0 unspecified atom stereocenters. The van der Waals surface area contributed by atoms with E-state index in [-0.39, 0.29) is 0 Å². The molecule has 0 atom stereocenters. The predicted molar refractivity (Wildman–Crippen MR) is 160 cm³/mol. The van der Waals surface area contributed by atoms with Crippen molar-refractivity contribution in [3.8, 4) is 11.1 Å². The van der Waals surface area contributed by atoms with Crippen molar-refractivity contribution >= 4 is 49.1 Å². The fraction of sp³-hybridized carbons (Fsp3) is 0. The highest BCUT2D eigenvalue weighted by atomic mass is 16.3. The molecular weight excluding hydrogens is 448 g/mol. The summed E-state index contributed by atoms with van der Waals surface area (Å²) in [5.41, 5.74) is 5.98. The molecule has 1 heteroatoms. The molecule has 6 aromatic rings. The van der Waals surface area contributed by atoms with Gasteiger partial charge in [-0.05, 0) is 50.4 Å². The molecular formula is C36H26O. The SMILES string of the molecule is C=C/C=C\C(=C)c1ccccccc(-c2c3ccccc3cc3c2oc2ccccc23)c2ccccc12. The fourth-order valence-electron chi connectivity index (χ4n) is 5.13. The Morgan fingerprint density at radius 2 is 1.27 bits per heavy atom. The van der Waals surface area contributed by atoms with Gasteiger partial charge in [-0.3, -0.25) is 0 Å². The molecule has 1 nitrogen and oxygen atoms in total. The fourth-order valence-corrected chi connectivity index (χ4v) is 5.13. The van der Waals surface area contributed by atoms with Gasteiger partial charge in [-0.25, -0.2) is 0 Å². The van der Waals surface area contributed by atoms with E-state index in [1.165, 1.54) is 5.39 Å². The van der Waals surface area contributed by atoms with Crippen LogP contribution in [0.3, 0.4) is 0 Å². The molecule has 0 saturated carbocycles. The maximum absolute atomic E-state index is 6.58. The van der Waals surface area contributed by atoms with Gasteiger partial charge >= 0.3 is 0 Å². The second-order valence-electron chi connectivity index (χ2n) is 9.04. The average molecular weight is 475 g/mol. The third-order valence-corrected chi connectivity index (χ3v) is 6.81. The Morgan fingerprint density at radius 3 is 2.08 bits per heavy atom. The van der Waals surface area contributed by atoms with E-state index < -0.39 is 0 Å². The van der Waals surface area contributed by atoms with Gasteiger partial charge in [-0.2, -0.15) is 0 Å². The lowest BCUT2D eigenvalue weighted by molar-refractivity contribution is 0.670. The summed E-state index contributed by atoms with van der Waals surface area (Å²) in [5.74, 6) is 0. The summed E-state index contributed by atoms with van der Waals surface area (Å²) >= 11 is 0. The van der Waals surface area contributed by atoms with Crippen molar-refractivity contribution in [1.29, 1.82) is 0 Å². The van der Waals surface area contributed by atoms with Crippen LogP contribution in [0.15, 0.2) is 151 Å². The number of para-hydroxylation sites is 1. The topological polar surface area (TPSA) is 13.1 Å². The van der Waals surface area contributed by atoms with Crippen LogP contribution in [0.2, 0.25) is 0 Å². The van der Waals surface area contributed by atoms with Gasteiger partial charge < -0.3 is 4.42 Å². The highest BCUT2D eigenvalue weighted by molar-refractivity contribution is 6.20. The Kier molecular flexibility index (Phi) is 5.88. The van der Waals surface area contributed by atoms with E-state index in [1.54, 1.807) is 6.08 Å². The number of furan rings is 1. The van der Waals surface area contributed by atoms with E-state index in [4.69, 9.17) is 4.42 Å². The summed E-state index contributed by atoms with van der Waals surface area (Å²) in [6, 6.07) is 40.2. The number of fused-ring (bicyclic) bond motifs is 5. The lowest BCUT2D eigenvalue weighted by atomic mass is 9.91. The summed E-state index contributed by atoms with van der Waals surface area (Å²) in [7, 11) is 0. The molecule has 0 N–H and O–H groups in total. The number of benzene rings is 4. The van der Waals surface area contributed by atoms with Crippen LogP contribution >= 0.6 is 0 Å². The van der Waals surface area contributed by atoms with E-state index in [2.05, 4.69) is 110 Å². The molecule has 0 radical (unpaired) electrons. The Balaban J connectivity index is 1.84. The van der Waals surface area contributed by atoms with Crippen molar-refractivity contribution < 1.29 is 4.42 Å². The zero-order chi connectivity index (χ0) is 25.2. The first-order chi connectivity index (χ1) is 18.3. The molecule has 0 aliphatic rings. The number of hydrogen-bond acceptors (Lipinski definition) is 1. The second-order valence-corrected chi connectivity index (χ2v) is 9.04. The first kappa shape index (κ1) is 22.6. The monoisotopic (exact) mass is 474 g/mol. The van der Waals surface area contributed by atoms with E-state index in [1.807, 2.05) is 30.4 Å². The highest BCUT2D eigenvalue weighted by Crippen LogP contribution is 2.43. The van der Waals surface area contributed by atoms with Gasteiger partial charge in [0, 0.05) is 16.3 Å². The van der Waals surface area contributed by atoms with Crippen LogP contribution in [0.4, 0.5) is 0 Å². The van der Waals surface area contributed by atoms with Crippen LogP contribution in [0.1, 0.15) is 5.56 Å². The Hall–Kier alpha value is -4.88. The summed E-state index contributed by atoms with van der Waals surface area (Å²) in [4.78, 5) is 0. The molecule has 0 bridgehead atoms. The molecule has 0 aliphatic heterocycles. The van der Waals surface area contributed by atoms with E-state index >= 15 is 0 Å². The molecule has 37 heavy (non-hydrogen) atoms. The minimum atomic E-state index is 0.893. The van der Waals surface area contributed by atoms with Crippen molar-refractivity contribution in [1.82, 2.24) is 0 Å². The molecule has 0 fully saturated rings. The Labute approximate surface area is 216 Å². The maximum atomic E-state index is 6.58. The first-order valence-electron chi connectivity index (χ1n) is 12.4. The minimum Gasteiger partial charge on any atom is -0.455 e. The summed E-state index contributed by atoms with van der Waals surface area (Å²) < 4.78 is 6.58. The van der Waals surface area contributed by atoms with Crippen LogP contribution in [0, 0.1) is 0 Å². The highest BCUT2D eigenvalue weighted by Gasteiger charge is 2.17. The van der Waals surface area contributed by atoms with Gasteiger partial charge in [0.25, 0.3) is 0 Å². The zero-order valence-corrected chi connectivity index (χ0v) is 20.5. The van der Waals surface area contributed by atoms with Crippen molar-refractivity contribution in [2.75, 3.05) is 0 Å². The molecule has 5 aromatic carbocycles. The number of hydrogen-bond donors (Lipinski definition) is 0. The standard InChI is InChI=1S/C36H26O/c1-3-4-15-25(2)27-17-7-5-6-8-22-32(30-20-12-11-19-29(27)30)35-28-18-10-9-16-26(28)24-33-31-21-13-14-23-34(31)37-36(33)35/h3-24H,1-2H2/b6-5?,7-5?,8-6?,15-4-,17-7?,22-8?,27-17?,29-27?,32-22?,32-30?. The van der Waals surface area contributed by atoms with Crippen molar-refractivity contribution in [3.05, 3.63) is 152 Å². The van der Waals surface area contributed by atoms with Crippen LogP contribution in [0.5, 0.6) is 0 Å². The molecule has 176 valence electrons. The third kappa shape index (κ3) is 4.01. The van der Waals surface area contributed by atoms with Crippen molar-refractivity contribution in [3.63, 3.8) is 0 Å². The molecule has 0 amide bonds. The van der Waals surface area contributed by atoms with E-state index in [0.717, 1.165) is 60.4 Å². The largest absolute Gasteiger partial charge is 0.455 e. The quantitative estimate of drug-likeness (QED) is 0.232. The smallest absolute Gasteiger partial charge is 0.143 e. The second kappa shape index (κ2) is 9.64. The minimum absolute atomic E-state index is 0.893. The molecule has 1 aromatic heterocycles. The molecule has 0 saturated heterocycles. The van der Waals surface area contributed by atoms with Crippen LogP contribution in [-0.4, -0.2) is 0 Å². The summed E-state index contributed by atoms with van der Waals surface area (Å²) in [6.45, 7) is 8.20. The average Bonchev–Trinajstić information content (AvgIpc) is 3.31. The van der Waals surface area contributed by atoms with Gasteiger partial charge in [-0.15, -0.1) is 0 Å². The van der Waals surface area contributed by atoms with Crippen LogP contribution in [-0.2, 0) is 0 Å². The van der Waals surface area contributed by atoms with E-state index in [0.29, 0.717) is 0 Å². The van der Waals surface area contributed by atoms with Crippen molar-refractivity contribution in [2.24, 2.45) is 0 Å². The van der Waals surface area contributed by atoms with Crippen molar-refractivity contribution in [2.45, 2.75) is 0 Å². The first-order valence-corrected chi connectivity index (χ1v) is 12.4. The summed E-state index contributed by atoms with van der Waals surface area (Å²) in [5, 5.41) is 6.83. The van der Waals surface area contributed by atoms with Gasteiger partial charge in [0.15, 0.2) is 0 Å². The van der Waals surface area contributed by atoms with Gasteiger partial charge in [-0.1, -0.05) is 135 Å². The van der Waals surface area contributed by atoms with Crippen LogP contribution in [0.25, 0.3) is 60.2 Å².